The lowest BCUT2D eigenvalue weighted by atomic mass is 10.3. The van der Waals surface area contributed by atoms with Crippen molar-refractivity contribution in [3.05, 3.63) is 0 Å². The highest BCUT2D eigenvalue weighted by Gasteiger charge is 2.36. The van der Waals surface area contributed by atoms with E-state index in [9.17, 15) is 4.79 Å². The van der Waals surface area contributed by atoms with Crippen molar-refractivity contribution in [2.24, 2.45) is 16.6 Å². The Hall–Kier alpha value is -1.26. The molecule has 74 valence electrons. The van der Waals surface area contributed by atoms with Gasteiger partial charge in [-0.25, -0.2) is 4.79 Å². The van der Waals surface area contributed by atoms with Gasteiger partial charge in [-0.15, -0.1) is 4.99 Å². The van der Waals surface area contributed by atoms with E-state index in [1.165, 1.54) is 7.11 Å². The number of ether oxygens (including phenoxy) is 1. The summed E-state index contributed by atoms with van der Waals surface area (Å²) in [6.07, 6.45) is 2.14. The van der Waals surface area contributed by atoms with E-state index in [0.717, 1.165) is 12.8 Å². The largest absolute Gasteiger partial charge is 0.468 e. The molecule has 2 unspecified atom stereocenters. The molecule has 0 aliphatic heterocycles. The highest BCUT2D eigenvalue weighted by Crippen LogP contribution is 2.32. The van der Waals surface area contributed by atoms with Crippen LogP contribution >= 0.6 is 0 Å². The Balaban J connectivity index is 2.27. The van der Waals surface area contributed by atoms with Crippen LogP contribution in [0, 0.1) is 5.92 Å². The number of aliphatic imine (C=N–C) groups is 1. The number of hydrogen-bond acceptors (Lipinski definition) is 2. The molecule has 1 aliphatic rings. The van der Waals surface area contributed by atoms with Gasteiger partial charge in [0.05, 0.1) is 7.11 Å². The highest BCUT2D eigenvalue weighted by atomic mass is 16.5. The molecule has 1 saturated carbocycles. The smallest absolute Gasteiger partial charge is 0.345 e. The maximum absolute atomic E-state index is 11.1. The quantitative estimate of drug-likeness (QED) is 0.484. The number of carbonyl (C=O) groups is 1. The summed E-state index contributed by atoms with van der Waals surface area (Å²) in [7, 11) is 1.37. The van der Waals surface area contributed by atoms with Gasteiger partial charge in [0.1, 0.15) is 0 Å². The van der Waals surface area contributed by atoms with E-state index < -0.39 is 6.03 Å². The number of nitrogens with two attached hydrogens (primary N) is 1. The zero-order chi connectivity index (χ0) is 9.84. The average Bonchev–Trinajstić information content (AvgIpc) is 2.82. The number of hydrogen-bond donors (Lipinski definition) is 2. The SMILES string of the molecule is CCC1CC1NC(=O)/N=C(/N)OC. The Morgan fingerprint density at radius 1 is 1.77 bits per heavy atom. The van der Waals surface area contributed by atoms with Gasteiger partial charge in [0.15, 0.2) is 0 Å². The van der Waals surface area contributed by atoms with Gasteiger partial charge in [0.25, 0.3) is 6.02 Å². The van der Waals surface area contributed by atoms with E-state index in [1.54, 1.807) is 0 Å². The number of urea groups is 1. The molecule has 0 aromatic heterocycles. The summed E-state index contributed by atoms with van der Waals surface area (Å²) >= 11 is 0. The van der Waals surface area contributed by atoms with Crippen LogP contribution in [0.2, 0.25) is 0 Å². The van der Waals surface area contributed by atoms with Gasteiger partial charge in [0, 0.05) is 6.04 Å². The molecule has 0 heterocycles. The number of carbonyl (C=O) groups excluding carboxylic acids is 1. The molecule has 0 aromatic rings. The summed E-state index contributed by atoms with van der Waals surface area (Å²) in [5, 5.41) is 2.73. The van der Waals surface area contributed by atoms with Gasteiger partial charge in [-0.05, 0) is 12.3 Å². The van der Waals surface area contributed by atoms with Crippen LogP contribution in [0.15, 0.2) is 4.99 Å². The number of nitrogens with zero attached hydrogens (tertiary/aromatic N) is 1. The second-order valence-corrected chi connectivity index (χ2v) is 3.11. The summed E-state index contributed by atoms with van der Waals surface area (Å²) < 4.78 is 4.54. The zero-order valence-electron chi connectivity index (χ0n) is 7.91. The minimum absolute atomic E-state index is 0.105. The maximum atomic E-state index is 11.1. The van der Waals surface area contributed by atoms with Crippen molar-refractivity contribution < 1.29 is 9.53 Å². The molecule has 1 fully saturated rings. The van der Waals surface area contributed by atoms with Crippen molar-refractivity contribution in [2.45, 2.75) is 25.8 Å². The number of methoxy groups -OCH3 is 1. The standard InChI is InChI=1S/C8H15N3O2/c1-3-5-4-6(5)10-8(12)11-7(9)13-2/h5-6H,3-4H2,1-2H3,(H3,9,10,11,12). The first-order chi connectivity index (χ1) is 6.17. The number of rotatable bonds is 2. The first-order valence-corrected chi connectivity index (χ1v) is 4.36. The topological polar surface area (TPSA) is 76.7 Å². The van der Waals surface area contributed by atoms with E-state index in [0.29, 0.717) is 5.92 Å². The molecular weight excluding hydrogens is 170 g/mol. The second-order valence-electron chi connectivity index (χ2n) is 3.11. The molecule has 2 atom stereocenters. The molecule has 13 heavy (non-hydrogen) atoms. The van der Waals surface area contributed by atoms with Crippen LogP contribution in [0.1, 0.15) is 19.8 Å². The molecule has 0 spiro atoms. The molecule has 0 aromatic carbocycles. The molecule has 0 radical (unpaired) electrons. The minimum Gasteiger partial charge on any atom is -0.468 e. The molecular formula is C8H15N3O2. The van der Waals surface area contributed by atoms with Crippen molar-refractivity contribution in [2.75, 3.05) is 7.11 Å². The van der Waals surface area contributed by atoms with Crippen LogP contribution in [0.5, 0.6) is 0 Å². The first-order valence-electron chi connectivity index (χ1n) is 4.36. The third-order valence-electron chi connectivity index (χ3n) is 2.18. The third-order valence-corrected chi connectivity index (χ3v) is 2.18. The van der Waals surface area contributed by atoms with Crippen molar-refractivity contribution >= 4 is 12.1 Å². The summed E-state index contributed by atoms with van der Waals surface area (Å²) in [6, 6.07) is -0.239. The Labute approximate surface area is 77.3 Å². The predicted octanol–water partition coefficient (Wildman–Crippen LogP) is 0.456. The highest BCUT2D eigenvalue weighted by molar-refractivity contribution is 5.88. The summed E-state index contributed by atoms with van der Waals surface area (Å²) in [5.74, 6) is 0.614. The van der Waals surface area contributed by atoms with Gasteiger partial charge in [0.2, 0.25) is 0 Å². The van der Waals surface area contributed by atoms with Gasteiger partial charge in [-0.2, -0.15) is 0 Å². The fourth-order valence-electron chi connectivity index (χ4n) is 1.21. The Morgan fingerprint density at radius 3 is 2.92 bits per heavy atom. The van der Waals surface area contributed by atoms with Crippen LogP contribution in [-0.2, 0) is 4.74 Å². The van der Waals surface area contributed by atoms with E-state index in [4.69, 9.17) is 5.73 Å². The number of amidine groups is 1. The fourth-order valence-corrected chi connectivity index (χ4v) is 1.21. The number of nitrogens with one attached hydrogen (secondary N) is 1. The number of amides is 2. The molecule has 0 saturated heterocycles. The lowest BCUT2D eigenvalue weighted by Gasteiger charge is -2.00. The third kappa shape index (κ3) is 2.93. The molecule has 1 aliphatic carbocycles. The van der Waals surface area contributed by atoms with Crippen LogP contribution in [-0.4, -0.2) is 25.2 Å². The molecule has 1 rings (SSSR count). The van der Waals surface area contributed by atoms with E-state index >= 15 is 0 Å². The summed E-state index contributed by atoms with van der Waals surface area (Å²) in [6.45, 7) is 2.10. The first kappa shape index (κ1) is 9.83. The molecule has 0 bridgehead atoms. The predicted molar refractivity (Wildman–Crippen MR) is 49.3 cm³/mol. The van der Waals surface area contributed by atoms with E-state index in [1.807, 2.05) is 0 Å². The van der Waals surface area contributed by atoms with Crippen molar-refractivity contribution in [1.82, 2.24) is 5.32 Å². The van der Waals surface area contributed by atoms with Crippen LogP contribution < -0.4 is 11.1 Å². The molecule has 5 nitrogen and oxygen atoms in total. The van der Waals surface area contributed by atoms with Crippen molar-refractivity contribution in [1.29, 1.82) is 0 Å². The van der Waals surface area contributed by atoms with Crippen LogP contribution in [0.25, 0.3) is 0 Å². The minimum atomic E-state index is -0.416. The Bertz CT molecular complexity index is 227. The lowest BCUT2D eigenvalue weighted by Crippen LogP contribution is -2.27. The molecule has 3 N–H and O–H groups in total. The normalized spacial score (nSPS) is 26.8. The van der Waals surface area contributed by atoms with Crippen molar-refractivity contribution in [3.63, 3.8) is 0 Å². The fraction of sp³-hybridized carbons (Fsp3) is 0.750. The molecule has 2 amide bonds. The van der Waals surface area contributed by atoms with Gasteiger partial charge in [-0.3, -0.25) is 0 Å². The van der Waals surface area contributed by atoms with Crippen LogP contribution in [0.4, 0.5) is 4.79 Å². The van der Waals surface area contributed by atoms with E-state index in [-0.39, 0.29) is 12.1 Å². The Morgan fingerprint density at radius 2 is 2.46 bits per heavy atom. The van der Waals surface area contributed by atoms with Gasteiger partial charge in [-0.1, -0.05) is 13.3 Å². The van der Waals surface area contributed by atoms with Gasteiger partial charge >= 0.3 is 6.03 Å². The average molecular weight is 185 g/mol. The van der Waals surface area contributed by atoms with E-state index in [2.05, 4.69) is 22.0 Å². The zero-order valence-corrected chi connectivity index (χ0v) is 7.91. The Kier molecular flexibility index (Phi) is 3.11. The lowest BCUT2D eigenvalue weighted by molar-refractivity contribution is 0.247. The summed E-state index contributed by atoms with van der Waals surface area (Å²) in [4.78, 5) is 14.5. The van der Waals surface area contributed by atoms with Crippen molar-refractivity contribution in [3.8, 4) is 0 Å². The van der Waals surface area contributed by atoms with Gasteiger partial charge < -0.3 is 15.8 Å². The summed E-state index contributed by atoms with van der Waals surface area (Å²) in [5.41, 5.74) is 5.20. The monoisotopic (exact) mass is 185 g/mol. The maximum Gasteiger partial charge on any atom is 0.345 e. The van der Waals surface area contributed by atoms with Crippen LogP contribution in [0.3, 0.4) is 0 Å². The molecule has 5 heteroatoms. The second kappa shape index (κ2) is 4.11.